The van der Waals surface area contributed by atoms with Gasteiger partial charge in [-0.25, -0.2) is 0 Å². The summed E-state index contributed by atoms with van der Waals surface area (Å²) in [5, 5.41) is 0. The molecule has 3 saturated carbocycles. The van der Waals surface area contributed by atoms with Crippen molar-refractivity contribution < 1.29 is 19.2 Å². The highest BCUT2D eigenvalue weighted by molar-refractivity contribution is 4.98. The zero-order valence-electron chi connectivity index (χ0n) is 13.3. The van der Waals surface area contributed by atoms with Crippen molar-refractivity contribution >= 4 is 0 Å². The Morgan fingerprint density at radius 1 is 1.05 bits per heavy atom. The van der Waals surface area contributed by atoms with E-state index in [1.807, 2.05) is 0 Å². The molecule has 0 aromatic rings. The second kappa shape index (κ2) is 5.19. The average molecular weight is 296 g/mol. The summed E-state index contributed by atoms with van der Waals surface area (Å²) in [5.41, 5.74) is 0. The van der Waals surface area contributed by atoms with Gasteiger partial charge in [0.05, 0.1) is 6.10 Å². The molecule has 120 valence electrons. The molecule has 0 aromatic heterocycles. The van der Waals surface area contributed by atoms with Crippen LogP contribution in [0.15, 0.2) is 0 Å². The van der Waals surface area contributed by atoms with Gasteiger partial charge in [-0.1, -0.05) is 19.8 Å². The lowest BCUT2D eigenvalue weighted by atomic mass is 9.64. The molecule has 3 aliphatic carbocycles. The van der Waals surface area contributed by atoms with E-state index in [0.717, 1.165) is 31.6 Å². The third kappa shape index (κ3) is 2.26. The molecule has 21 heavy (non-hydrogen) atoms. The Kier molecular flexibility index (Phi) is 3.57. The van der Waals surface area contributed by atoms with Gasteiger partial charge >= 0.3 is 0 Å². The van der Waals surface area contributed by atoms with Crippen LogP contribution in [0.25, 0.3) is 0 Å². The maximum Gasteiger partial charge on any atom is 0.210 e. The molecule has 4 heteroatoms. The topological polar surface area (TPSA) is 36.9 Å². The Morgan fingerprint density at radius 2 is 1.95 bits per heavy atom. The van der Waals surface area contributed by atoms with Gasteiger partial charge in [-0.05, 0) is 38.0 Å². The first-order valence-electron chi connectivity index (χ1n) is 8.75. The molecular formula is C17H28O4. The number of hydrogen-bond acceptors (Lipinski definition) is 4. The summed E-state index contributed by atoms with van der Waals surface area (Å²) in [6.07, 6.45) is 10.5. The van der Waals surface area contributed by atoms with Gasteiger partial charge in [-0.2, -0.15) is 9.78 Å². The van der Waals surface area contributed by atoms with E-state index < -0.39 is 11.6 Å². The van der Waals surface area contributed by atoms with E-state index in [-0.39, 0.29) is 6.10 Å². The molecule has 0 amide bonds. The molecule has 1 heterocycles. The summed E-state index contributed by atoms with van der Waals surface area (Å²) in [4.78, 5) is 11.9. The molecule has 4 rings (SSSR count). The highest BCUT2D eigenvalue weighted by Gasteiger charge is 2.62. The second-order valence-electron chi connectivity index (χ2n) is 7.72. The summed E-state index contributed by atoms with van der Waals surface area (Å²) < 4.78 is 12.2. The number of ether oxygens (including phenoxy) is 2. The fourth-order valence-electron chi connectivity index (χ4n) is 5.26. The minimum atomic E-state index is -0.558. The Morgan fingerprint density at radius 3 is 2.81 bits per heavy atom. The number of hydrogen-bond donors (Lipinski definition) is 0. The van der Waals surface area contributed by atoms with Gasteiger partial charge < -0.3 is 9.47 Å². The lowest BCUT2D eigenvalue weighted by molar-refractivity contribution is -0.380. The normalized spacial score (nSPS) is 53.4. The zero-order valence-corrected chi connectivity index (χ0v) is 13.3. The third-order valence-electron chi connectivity index (χ3n) is 6.35. The van der Waals surface area contributed by atoms with Crippen molar-refractivity contribution in [2.75, 3.05) is 7.11 Å². The molecule has 0 aromatic carbocycles. The van der Waals surface area contributed by atoms with Crippen LogP contribution in [0.2, 0.25) is 0 Å². The summed E-state index contributed by atoms with van der Waals surface area (Å²) in [6, 6.07) is 0. The summed E-state index contributed by atoms with van der Waals surface area (Å²) in [5.74, 6) is 0.738. The molecule has 4 fully saturated rings. The van der Waals surface area contributed by atoms with E-state index in [9.17, 15) is 0 Å². The SMILES string of the molecule is COC1CCC[C@]2(C1)OO[C@]1(O2)C(C)CC2CCC[C@H]1C2. The molecular weight excluding hydrogens is 268 g/mol. The van der Waals surface area contributed by atoms with Gasteiger partial charge in [0.2, 0.25) is 11.6 Å². The lowest BCUT2D eigenvalue weighted by Gasteiger charge is -2.49. The van der Waals surface area contributed by atoms with Crippen LogP contribution in [0.4, 0.5) is 0 Å². The Balaban J connectivity index is 1.56. The first-order valence-corrected chi connectivity index (χ1v) is 8.75. The molecule has 2 spiro atoms. The molecule has 3 unspecified atom stereocenters. The quantitative estimate of drug-likeness (QED) is 0.690. The van der Waals surface area contributed by atoms with E-state index >= 15 is 0 Å². The van der Waals surface area contributed by atoms with Crippen LogP contribution in [0.1, 0.15) is 64.7 Å². The van der Waals surface area contributed by atoms with Crippen LogP contribution < -0.4 is 0 Å². The predicted molar refractivity (Wildman–Crippen MR) is 77.2 cm³/mol. The second-order valence-corrected chi connectivity index (χ2v) is 7.72. The third-order valence-corrected chi connectivity index (χ3v) is 6.35. The molecule has 0 N–H and O–H groups in total. The van der Waals surface area contributed by atoms with Crippen molar-refractivity contribution in [1.29, 1.82) is 0 Å². The van der Waals surface area contributed by atoms with Crippen LogP contribution in [-0.2, 0) is 19.2 Å². The number of fused-ring (bicyclic) bond motifs is 3. The van der Waals surface area contributed by atoms with E-state index in [1.165, 1.54) is 32.1 Å². The number of rotatable bonds is 1. The molecule has 6 atom stereocenters. The highest BCUT2D eigenvalue weighted by Crippen LogP contribution is 2.57. The molecule has 4 aliphatic rings. The Labute approximate surface area is 127 Å². The van der Waals surface area contributed by atoms with Gasteiger partial charge in [0.25, 0.3) is 0 Å². The van der Waals surface area contributed by atoms with E-state index in [1.54, 1.807) is 7.11 Å². The van der Waals surface area contributed by atoms with Crippen molar-refractivity contribution in [2.24, 2.45) is 17.8 Å². The van der Waals surface area contributed by atoms with Gasteiger partial charge in [-0.15, -0.1) is 0 Å². The lowest BCUT2D eigenvalue weighted by Crippen LogP contribution is -2.53. The fraction of sp³-hybridized carbons (Fsp3) is 1.00. The molecule has 4 nitrogen and oxygen atoms in total. The monoisotopic (exact) mass is 296 g/mol. The van der Waals surface area contributed by atoms with Crippen LogP contribution in [0.3, 0.4) is 0 Å². The summed E-state index contributed by atoms with van der Waals surface area (Å²) in [7, 11) is 1.78. The first-order chi connectivity index (χ1) is 10.2. The summed E-state index contributed by atoms with van der Waals surface area (Å²) in [6.45, 7) is 2.28. The largest absolute Gasteiger partial charge is 0.381 e. The zero-order chi connectivity index (χ0) is 14.5. The maximum absolute atomic E-state index is 6.62. The Bertz CT molecular complexity index is 398. The Hall–Kier alpha value is -0.160. The first kappa shape index (κ1) is 14.4. The van der Waals surface area contributed by atoms with Crippen molar-refractivity contribution in [2.45, 2.75) is 82.4 Å². The van der Waals surface area contributed by atoms with Gasteiger partial charge in [0.15, 0.2) is 0 Å². The van der Waals surface area contributed by atoms with E-state index in [2.05, 4.69) is 6.92 Å². The van der Waals surface area contributed by atoms with Crippen molar-refractivity contribution in [3.63, 3.8) is 0 Å². The van der Waals surface area contributed by atoms with Crippen LogP contribution in [0.5, 0.6) is 0 Å². The van der Waals surface area contributed by atoms with E-state index in [0.29, 0.717) is 11.8 Å². The molecule has 0 radical (unpaired) electrons. The smallest absolute Gasteiger partial charge is 0.210 e. The summed E-state index contributed by atoms with van der Waals surface area (Å²) >= 11 is 0. The van der Waals surface area contributed by atoms with Gasteiger partial charge in [0.1, 0.15) is 0 Å². The molecule has 2 bridgehead atoms. The van der Waals surface area contributed by atoms with Crippen molar-refractivity contribution in [3.05, 3.63) is 0 Å². The van der Waals surface area contributed by atoms with Crippen LogP contribution in [0, 0.1) is 17.8 Å². The minimum Gasteiger partial charge on any atom is -0.381 e. The molecule has 1 aliphatic heterocycles. The van der Waals surface area contributed by atoms with Crippen LogP contribution in [-0.4, -0.2) is 24.8 Å². The van der Waals surface area contributed by atoms with Crippen molar-refractivity contribution in [1.82, 2.24) is 0 Å². The van der Waals surface area contributed by atoms with Crippen molar-refractivity contribution in [3.8, 4) is 0 Å². The maximum atomic E-state index is 6.62. The highest BCUT2D eigenvalue weighted by atomic mass is 17.3. The van der Waals surface area contributed by atoms with Gasteiger partial charge in [-0.3, -0.25) is 0 Å². The molecule has 1 saturated heterocycles. The fourth-order valence-corrected chi connectivity index (χ4v) is 5.26. The van der Waals surface area contributed by atoms with Crippen LogP contribution >= 0.6 is 0 Å². The average Bonchev–Trinajstić information content (AvgIpc) is 2.86. The minimum absolute atomic E-state index is 0.232. The predicted octanol–water partition coefficient (Wildman–Crippen LogP) is 3.79. The van der Waals surface area contributed by atoms with E-state index in [4.69, 9.17) is 19.2 Å². The standard InChI is InChI=1S/C17H28O4/c1-12-9-13-5-3-6-14(10-13)17(12)19-16(20-21-17)8-4-7-15(11-16)18-2/h12-15H,3-11H2,1-2H3/t12?,13?,14-,15?,16+,17+/m0/s1. The van der Waals surface area contributed by atoms with Gasteiger partial charge in [0, 0.05) is 31.8 Å². The number of methoxy groups -OCH3 is 1.